The summed E-state index contributed by atoms with van der Waals surface area (Å²) >= 11 is 3.15. The minimum atomic E-state index is 0.377. The van der Waals surface area contributed by atoms with Crippen LogP contribution in [0.4, 0.5) is 0 Å². The standard InChI is InChI=1S/C16H15N3OS2/c1-11-14(10-20-19-15(17)13-8-5-9-21-13)22-16(18-11)12-6-3-2-4-7-12/h2-9H,10H2,1H3,(H2,17,19). The first-order valence-corrected chi connectivity index (χ1v) is 8.44. The van der Waals surface area contributed by atoms with E-state index in [4.69, 9.17) is 10.6 Å². The molecule has 0 fully saturated rings. The zero-order valence-electron chi connectivity index (χ0n) is 12.0. The van der Waals surface area contributed by atoms with E-state index in [0.29, 0.717) is 12.4 Å². The molecule has 0 saturated heterocycles. The van der Waals surface area contributed by atoms with Crippen LogP contribution in [0.2, 0.25) is 0 Å². The Bertz CT molecular complexity index is 764. The van der Waals surface area contributed by atoms with E-state index in [1.165, 1.54) is 11.3 Å². The number of thiophene rings is 1. The largest absolute Gasteiger partial charge is 0.388 e. The van der Waals surface area contributed by atoms with Gasteiger partial charge in [-0.05, 0) is 18.4 Å². The Labute approximate surface area is 136 Å². The second-order valence-corrected chi connectivity index (χ2v) is 6.65. The van der Waals surface area contributed by atoms with E-state index in [-0.39, 0.29) is 0 Å². The molecule has 22 heavy (non-hydrogen) atoms. The molecule has 0 atom stereocenters. The molecule has 0 aliphatic rings. The van der Waals surface area contributed by atoms with E-state index in [1.807, 2.05) is 42.6 Å². The fourth-order valence-electron chi connectivity index (χ4n) is 1.90. The number of amidine groups is 1. The van der Waals surface area contributed by atoms with Crippen molar-refractivity contribution >= 4 is 28.5 Å². The van der Waals surface area contributed by atoms with Crippen molar-refractivity contribution in [2.75, 3.05) is 0 Å². The zero-order chi connectivity index (χ0) is 15.4. The molecule has 0 aliphatic carbocycles. The lowest BCUT2D eigenvalue weighted by Crippen LogP contribution is -2.11. The maximum Gasteiger partial charge on any atom is 0.180 e. The molecule has 0 amide bonds. The third-order valence-corrected chi connectivity index (χ3v) is 5.12. The number of aromatic nitrogens is 1. The number of oxime groups is 1. The SMILES string of the molecule is Cc1nc(-c2ccccc2)sc1CO/N=C(/N)c1cccs1. The monoisotopic (exact) mass is 329 g/mol. The van der Waals surface area contributed by atoms with Gasteiger partial charge < -0.3 is 10.6 Å². The quantitative estimate of drug-likeness (QED) is 0.437. The highest BCUT2D eigenvalue weighted by Gasteiger charge is 2.10. The van der Waals surface area contributed by atoms with Gasteiger partial charge in [0.25, 0.3) is 0 Å². The van der Waals surface area contributed by atoms with Crippen LogP contribution in [0.3, 0.4) is 0 Å². The first kappa shape index (κ1) is 14.7. The summed E-state index contributed by atoms with van der Waals surface area (Å²) in [5, 5.41) is 6.92. The predicted octanol–water partition coefficient (Wildman–Crippen LogP) is 4.02. The summed E-state index contributed by atoms with van der Waals surface area (Å²) in [6.07, 6.45) is 0. The second-order valence-electron chi connectivity index (χ2n) is 4.62. The van der Waals surface area contributed by atoms with Crippen LogP contribution in [-0.2, 0) is 11.4 Å². The first-order valence-electron chi connectivity index (χ1n) is 6.75. The summed E-state index contributed by atoms with van der Waals surface area (Å²) in [6, 6.07) is 14.0. The lowest BCUT2D eigenvalue weighted by atomic mass is 10.2. The molecule has 2 aromatic heterocycles. The first-order chi connectivity index (χ1) is 10.7. The van der Waals surface area contributed by atoms with Crippen LogP contribution in [0.1, 0.15) is 15.4 Å². The van der Waals surface area contributed by atoms with Crippen LogP contribution in [-0.4, -0.2) is 10.8 Å². The normalized spacial score (nSPS) is 11.6. The molecule has 112 valence electrons. The fraction of sp³-hybridized carbons (Fsp3) is 0.125. The highest BCUT2D eigenvalue weighted by Crippen LogP contribution is 2.28. The van der Waals surface area contributed by atoms with E-state index in [2.05, 4.69) is 22.3 Å². The average Bonchev–Trinajstić information content (AvgIpc) is 3.18. The smallest absolute Gasteiger partial charge is 0.180 e. The molecular weight excluding hydrogens is 314 g/mol. The van der Waals surface area contributed by atoms with Crippen molar-refractivity contribution in [1.29, 1.82) is 0 Å². The van der Waals surface area contributed by atoms with Crippen molar-refractivity contribution in [2.45, 2.75) is 13.5 Å². The molecule has 0 saturated carbocycles. The van der Waals surface area contributed by atoms with Crippen LogP contribution in [0.5, 0.6) is 0 Å². The maximum absolute atomic E-state index is 5.86. The number of hydrogen-bond acceptors (Lipinski definition) is 5. The summed E-state index contributed by atoms with van der Waals surface area (Å²) < 4.78 is 0. The van der Waals surface area contributed by atoms with Gasteiger partial charge in [-0.3, -0.25) is 0 Å². The van der Waals surface area contributed by atoms with Gasteiger partial charge >= 0.3 is 0 Å². The Morgan fingerprint density at radius 3 is 2.77 bits per heavy atom. The summed E-state index contributed by atoms with van der Waals surface area (Å²) in [7, 11) is 0. The third-order valence-electron chi connectivity index (χ3n) is 3.05. The van der Waals surface area contributed by atoms with Crippen molar-refractivity contribution in [1.82, 2.24) is 4.98 Å². The number of nitrogens with zero attached hydrogens (tertiary/aromatic N) is 2. The van der Waals surface area contributed by atoms with Gasteiger partial charge in [-0.1, -0.05) is 41.6 Å². The Hall–Kier alpha value is -2.18. The highest BCUT2D eigenvalue weighted by atomic mass is 32.1. The predicted molar refractivity (Wildman–Crippen MR) is 92.1 cm³/mol. The topological polar surface area (TPSA) is 60.5 Å². The zero-order valence-corrected chi connectivity index (χ0v) is 13.7. The van der Waals surface area contributed by atoms with Crippen LogP contribution < -0.4 is 5.73 Å². The number of hydrogen-bond donors (Lipinski definition) is 1. The number of benzene rings is 1. The van der Waals surface area contributed by atoms with E-state index in [1.54, 1.807) is 11.3 Å². The molecule has 0 bridgehead atoms. The summed E-state index contributed by atoms with van der Waals surface area (Å²) in [4.78, 5) is 11.9. The molecule has 3 aromatic rings. The average molecular weight is 329 g/mol. The van der Waals surface area contributed by atoms with Gasteiger partial charge in [-0.2, -0.15) is 0 Å². The lowest BCUT2D eigenvalue weighted by Gasteiger charge is -1.99. The summed E-state index contributed by atoms with van der Waals surface area (Å²) in [5.41, 5.74) is 7.94. The molecule has 0 radical (unpaired) electrons. The minimum absolute atomic E-state index is 0.377. The van der Waals surface area contributed by atoms with Crippen molar-refractivity contribution in [3.05, 3.63) is 63.3 Å². The van der Waals surface area contributed by atoms with Gasteiger partial charge in [0.15, 0.2) is 12.4 Å². The van der Waals surface area contributed by atoms with Crippen LogP contribution in [0, 0.1) is 6.92 Å². The van der Waals surface area contributed by atoms with Crippen LogP contribution in [0.15, 0.2) is 53.0 Å². The van der Waals surface area contributed by atoms with Crippen molar-refractivity contribution in [3.63, 3.8) is 0 Å². The fourth-order valence-corrected chi connectivity index (χ4v) is 3.49. The Kier molecular flexibility index (Phi) is 4.50. The molecule has 2 heterocycles. The number of thiazole rings is 1. The lowest BCUT2D eigenvalue weighted by molar-refractivity contribution is 0.132. The number of rotatable bonds is 5. The molecule has 0 spiro atoms. The second kappa shape index (κ2) is 6.72. The molecule has 3 rings (SSSR count). The third kappa shape index (κ3) is 3.35. The summed E-state index contributed by atoms with van der Waals surface area (Å²) in [5.74, 6) is 0.403. The molecule has 0 aliphatic heterocycles. The van der Waals surface area contributed by atoms with E-state index in [0.717, 1.165) is 26.0 Å². The Morgan fingerprint density at radius 1 is 1.23 bits per heavy atom. The van der Waals surface area contributed by atoms with Gasteiger partial charge in [0.05, 0.1) is 15.4 Å². The number of nitrogens with two attached hydrogens (primary N) is 1. The molecule has 6 heteroatoms. The van der Waals surface area contributed by atoms with E-state index >= 15 is 0 Å². The molecule has 4 nitrogen and oxygen atoms in total. The Morgan fingerprint density at radius 2 is 2.05 bits per heavy atom. The van der Waals surface area contributed by atoms with E-state index in [9.17, 15) is 0 Å². The van der Waals surface area contributed by atoms with Gasteiger partial charge in [0.2, 0.25) is 0 Å². The molecular formula is C16H15N3OS2. The maximum atomic E-state index is 5.86. The van der Waals surface area contributed by atoms with Gasteiger partial charge in [0.1, 0.15) is 5.01 Å². The van der Waals surface area contributed by atoms with Gasteiger partial charge in [-0.25, -0.2) is 4.98 Å². The molecule has 2 N–H and O–H groups in total. The van der Waals surface area contributed by atoms with Gasteiger partial charge in [-0.15, -0.1) is 22.7 Å². The Balaban J connectivity index is 1.69. The number of aryl methyl sites for hydroxylation is 1. The summed E-state index contributed by atoms with van der Waals surface area (Å²) in [6.45, 7) is 2.36. The van der Waals surface area contributed by atoms with Crippen molar-refractivity contribution in [3.8, 4) is 10.6 Å². The van der Waals surface area contributed by atoms with Crippen LogP contribution in [0.25, 0.3) is 10.6 Å². The molecule has 1 aromatic carbocycles. The minimum Gasteiger partial charge on any atom is -0.388 e. The van der Waals surface area contributed by atoms with Gasteiger partial charge in [0, 0.05) is 5.56 Å². The van der Waals surface area contributed by atoms with E-state index < -0.39 is 0 Å². The highest BCUT2D eigenvalue weighted by molar-refractivity contribution is 7.15. The van der Waals surface area contributed by atoms with Crippen molar-refractivity contribution < 1.29 is 4.84 Å². The van der Waals surface area contributed by atoms with Crippen molar-refractivity contribution in [2.24, 2.45) is 10.9 Å². The molecule has 0 unspecified atom stereocenters. The van der Waals surface area contributed by atoms with Crippen LogP contribution >= 0.6 is 22.7 Å².